The normalized spacial score (nSPS) is 14.5. The van der Waals surface area contributed by atoms with E-state index in [0.717, 1.165) is 21.7 Å². The third kappa shape index (κ3) is 1.28. The predicted molar refractivity (Wildman–Crippen MR) is 47.7 cm³/mol. The van der Waals surface area contributed by atoms with Crippen molar-refractivity contribution in [2.24, 2.45) is 0 Å². The van der Waals surface area contributed by atoms with E-state index in [-0.39, 0.29) is 0 Å². The molecule has 64 valence electrons. The molecule has 1 aliphatic heterocycles. The Labute approximate surface area is 78.6 Å². The van der Waals surface area contributed by atoms with Gasteiger partial charge in [-0.3, -0.25) is 0 Å². The van der Waals surface area contributed by atoms with E-state index in [0.29, 0.717) is 13.2 Å². The molecule has 1 heterocycles. The number of benzene rings is 1. The van der Waals surface area contributed by atoms with Crippen LogP contribution in [0, 0.1) is 0 Å². The second kappa shape index (κ2) is 2.95. The van der Waals surface area contributed by atoms with Crippen molar-refractivity contribution in [2.45, 2.75) is 0 Å². The molecule has 2 rings (SSSR count). The smallest absolute Gasteiger partial charge is 0.167 e. The van der Waals surface area contributed by atoms with Crippen LogP contribution in [0.4, 0.5) is 5.69 Å². The van der Waals surface area contributed by atoms with Crippen LogP contribution in [-0.4, -0.2) is 13.2 Å². The lowest BCUT2D eigenvalue weighted by Gasteiger charge is -2.18. The maximum atomic E-state index is 5.38. The van der Waals surface area contributed by atoms with Gasteiger partial charge in [-0.25, -0.2) is 0 Å². The summed E-state index contributed by atoms with van der Waals surface area (Å²) in [5.41, 5.74) is 4.76. The summed E-state index contributed by atoms with van der Waals surface area (Å²) >= 11 is 3.38. The summed E-state index contributed by atoms with van der Waals surface area (Å²) in [4.78, 5) is 0. The van der Waals surface area contributed by atoms with E-state index in [1.54, 1.807) is 0 Å². The Morgan fingerprint density at radius 2 is 1.75 bits per heavy atom. The van der Waals surface area contributed by atoms with Gasteiger partial charge in [0.05, 0.1) is 4.47 Å². The van der Waals surface area contributed by atoms with Crippen LogP contribution in [0.1, 0.15) is 0 Å². The van der Waals surface area contributed by atoms with Crippen molar-refractivity contribution in [2.75, 3.05) is 13.2 Å². The second-order valence-electron chi connectivity index (χ2n) is 2.59. The number of hydrogen-bond donors (Lipinski definition) is 1. The SMILES string of the molecule is [NH3+]c1cc2c(cc1Br)OCCO2. The van der Waals surface area contributed by atoms with Gasteiger partial charge in [0, 0.05) is 12.1 Å². The van der Waals surface area contributed by atoms with E-state index in [4.69, 9.17) is 9.47 Å². The first kappa shape index (κ1) is 7.89. The predicted octanol–water partition coefficient (Wildman–Crippen LogP) is 1.09. The Morgan fingerprint density at radius 3 is 2.42 bits per heavy atom. The summed E-state index contributed by atoms with van der Waals surface area (Å²) in [5, 5.41) is 0. The molecule has 0 aliphatic carbocycles. The van der Waals surface area contributed by atoms with Gasteiger partial charge >= 0.3 is 0 Å². The summed E-state index contributed by atoms with van der Waals surface area (Å²) < 4.78 is 11.7. The molecule has 1 aromatic rings. The van der Waals surface area contributed by atoms with Gasteiger partial charge in [-0.05, 0) is 15.9 Å². The number of halogens is 1. The first-order valence-corrected chi connectivity index (χ1v) is 4.48. The molecule has 0 fully saturated rings. The number of fused-ring (bicyclic) bond motifs is 1. The second-order valence-corrected chi connectivity index (χ2v) is 3.44. The molecule has 0 unspecified atom stereocenters. The van der Waals surface area contributed by atoms with Gasteiger partial charge in [-0.15, -0.1) is 0 Å². The van der Waals surface area contributed by atoms with Gasteiger partial charge in [0.25, 0.3) is 0 Å². The zero-order chi connectivity index (χ0) is 8.55. The Morgan fingerprint density at radius 1 is 1.17 bits per heavy atom. The largest absolute Gasteiger partial charge is 0.486 e. The van der Waals surface area contributed by atoms with Gasteiger partial charge in [-0.1, -0.05) is 0 Å². The Balaban J connectivity index is 2.49. The third-order valence-corrected chi connectivity index (χ3v) is 2.45. The number of ether oxygens (including phenoxy) is 2. The molecular weight excluding hydrogens is 222 g/mol. The van der Waals surface area contributed by atoms with E-state index < -0.39 is 0 Å². The van der Waals surface area contributed by atoms with Gasteiger partial charge < -0.3 is 15.2 Å². The molecule has 3 nitrogen and oxygen atoms in total. The summed E-state index contributed by atoms with van der Waals surface area (Å²) in [7, 11) is 0. The zero-order valence-electron chi connectivity index (χ0n) is 6.47. The zero-order valence-corrected chi connectivity index (χ0v) is 8.06. The molecule has 0 atom stereocenters. The molecule has 0 saturated heterocycles. The highest BCUT2D eigenvalue weighted by atomic mass is 79.9. The molecule has 0 bridgehead atoms. The van der Waals surface area contributed by atoms with Crippen LogP contribution in [0.3, 0.4) is 0 Å². The van der Waals surface area contributed by atoms with Crippen LogP contribution in [-0.2, 0) is 0 Å². The highest BCUT2D eigenvalue weighted by Crippen LogP contribution is 2.35. The minimum atomic E-state index is 0.619. The summed E-state index contributed by atoms with van der Waals surface area (Å²) in [6, 6.07) is 3.76. The quantitative estimate of drug-likeness (QED) is 0.726. The standard InChI is InChI=1S/C8H8BrNO2/c9-5-3-7-8(4-6(5)10)12-2-1-11-7/h3-4H,1-2,10H2/p+1. The van der Waals surface area contributed by atoms with Crippen molar-refractivity contribution in [3.05, 3.63) is 16.6 Å². The highest BCUT2D eigenvalue weighted by Gasteiger charge is 2.14. The molecule has 1 aliphatic rings. The molecule has 0 aromatic heterocycles. The van der Waals surface area contributed by atoms with Crippen LogP contribution in [0.5, 0.6) is 11.5 Å². The lowest BCUT2D eigenvalue weighted by Crippen LogP contribution is -2.40. The Bertz CT molecular complexity index is 283. The van der Waals surface area contributed by atoms with E-state index in [1.807, 2.05) is 12.1 Å². The van der Waals surface area contributed by atoms with Crippen molar-refractivity contribution in [1.82, 2.24) is 0 Å². The van der Waals surface area contributed by atoms with Gasteiger partial charge in [0.1, 0.15) is 18.9 Å². The highest BCUT2D eigenvalue weighted by molar-refractivity contribution is 9.10. The van der Waals surface area contributed by atoms with E-state index in [9.17, 15) is 0 Å². The van der Waals surface area contributed by atoms with Crippen molar-refractivity contribution in [3.63, 3.8) is 0 Å². The van der Waals surface area contributed by atoms with Gasteiger partial charge in [0.15, 0.2) is 11.5 Å². The molecule has 4 heteroatoms. The molecule has 3 N–H and O–H groups in total. The Hall–Kier alpha value is -0.740. The minimum absolute atomic E-state index is 0.619. The molecule has 12 heavy (non-hydrogen) atoms. The summed E-state index contributed by atoms with van der Waals surface area (Å²) in [5.74, 6) is 1.58. The Kier molecular flexibility index (Phi) is 1.94. The lowest BCUT2D eigenvalue weighted by atomic mass is 10.3. The summed E-state index contributed by atoms with van der Waals surface area (Å²) in [6.07, 6.45) is 0. The average Bonchev–Trinajstić information content (AvgIpc) is 2.07. The molecule has 0 saturated carbocycles. The van der Waals surface area contributed by atoms with E-state index >= 15 is 0 Å². The van der Waals surface area contributed by atoms with Crippen molar-refractivity contribution < 1.29 is 15.2 Å². The maximum Gasteiger partial charge on any atom is 0.167 e. The van der Waals surface area contributed by atoms with Gasteiger partial charge in [0.2, 0.25) is 0 Å². The molecule has 0 radical (unpaired) electrons. The van der Waals surface area contributed by atoms with Gasteiger partial charge in [-0.2, -0.15) is 0 Å². The van der Waals surface area contributed by atoms with Crippen molar-refractivity contribution in [3.8, 4) is 11.5 Å². The molecule has 0 spiro atoms. The monoisotopic (exact) mass is 230 g/mol. The number of rotatable bonds is 0. The number of hydrogen-bond acceptors (Lipinski definition) is 2. The van der Waals surface area contributed by atoms with E-state index in [1.165, 1.54) is 0 Å². The molecule has 1 aromatic carbocycles. The first-order chi connectivity index (χ1) is 5.77. The van der Waals surface area contributed by atoms with Crippen molar-refractivity contribution >= 4 is 21.6 Å². The average molecular weight is 231 g/mol. The fourth-order valence-corrected chi connectivity index (χ4v) is 1.43. The van der Waals surface area contributed by atoms with Crippen LogP contribution in [0.2, 0.25) is 0 Å². The lowest BCUT2D eigenvalue weighted by molar-refractivity contribution is -0.256. The molecular formula is C8H9BrNO2+. The maximum absolute atomic E-state index is 5.38. The van der Waals surface area contributed by atoms with Crippen LogP contribution in [0.15, 0.2) is 16.6 Å². The van der Waals surface area contributed by atoms with Crippen LogP contribution in [0.25, 0.3) is 0 Å². The van der Waals surface area contributed by atoms with Crippen LogP contribution >= 0.6 is 15.9 Å². The first-order valence-electron chi connectivity index (χ1n) is 3.68. The van der Waals surface area contributed by atoms with Crippen molar-refractivity contribution in [1.29, 1.82) is 0 Å². The van der Waals surface area contributed by atoms with Crippen LogP contribution < -0.4 is 15.2 Å². The van der Waals surface area contributed by atoms with E-state index in [2.05, 4.69) is 21.7 Å². The summed E-state index contributed by atoms with van der Waals surface area (Å²) in [6.45, 7) is 1.24. The number of quaternary nitrogens is 1. The fourth-order valence-electron chi connectivity index (χ4n) is 1.11. The minimum Gasteiger partial charge on any atom is -0.486 e. The third-order valence-electron chi connectivity index (χ3n) is 1.71. The molecule has 0 amide bonds. The fraction of sp³-hybridized carbons (Fsp3) is 0.250. The topological polar surface area (TPSA) is 46.1 Å².